The minimum Gasteiger partial charge on any atom is -0.399 e. The third-order valence-electron chi connectivity index (χ3n) is 1.70. The number of nitrogen functional groups attached to an aromatic ring is 1. The van der Waals surface area contributed by atoms with Crippen molar-refractivity contribution in [2.75, 3.05) is 29.6 Å². The normalized spacial score (nSPS) is 12.4. The molecule has 5 heteroatoms. The van der Waals surface area contributed by atoms with Crippen LogP contribution < -0.4 is 11.1 Å². The Morgan fingerprint density at radius 2 is 2.29 bits per heavy atom. The Bertz CT molecular complexity index is 344. The second-order valence-corrected chi connectivity index (χ2v) is 4.50. The molecule has 0 saturated carbocycles. The van der Waals surface area contributed by atoms with Crippen molar-refractivity contribution in [3.05, 3.63) is 24.0 Å². The van der Waals surface area contributed by atoms with E-state index in [9.17, 15) is 8.60 Å². The predicted molar refractivity (Wildman–Crippen MR) is 58.2 cm³/mol. The molecule has 0 amide bonds. The van der Waals surface area contributed by atoms with Crippen LogP contribution in [0, 0.1) is 5.82 Å². The quantitative estimate of drug-likeness (QED) is 0.743. The largest absolute Gasteiger partial charge is 0.399 e. The Labute approximate surface area is 85.0 Å². The maximum Gasteiger partial charge on any atom is 0.148 e. The van der Waals surface area contributed by atoms with Gasteiger partial charge in [0.15, 0.2) is 0 Å². The van der Waals surface area contributed by atoms with Crippen molar-refractivity contribution in [3.63, 3.8) is 0 Å². The first-order chi connectivity index (χ1) is 6.59. The zero-order valence-corrected chi connectivity index (χ0v) is 8.73. The lowest BCUT2D eigenvalue weighted by Gasteiger charge is -2.06. The summed E-state index contributed by atoms with van der Waals surface area (Å²) in [6.45, 7) is 0.490. The predicted octanol–water partition coefficient (Wildman–Crippen LogP) is 1.20. The van der Waals surface area contributed by atoms with Crippen molar-refractivity contribution in [3.8, 4) is 0 Å². The fourth-order valence-corrected chi connectivity index (χ4v) is 1.39. The Balaban J connectivity index is 2.55. The Kier molecular flexibility index (Phi) is 3.88. The van der Waals surface area contributed by atoms with E-state index in [0.29, 0.717) is 23.7 Å². The monoisotopic (exact) mass is 216 g/mol. The van der Waals surface area contributed by atoms with Crippen molar-refractivity contribution < 1.29 is 8.60 Å². The van der Waals surface area contributed by atoms with Gasteiger partial charge in [-0.1, -0.05) is 0 Å². The molecule has 0 aliphatic rings. The molecule has 0 aromatic heterocycles. The van der Waals surface area contributed by atoms with E-state index in [4.69, 9.17) is 5.73 Å². The number of hydrogen-bond acceptors (Lipinski definition) is 3. The van der Waals surface area contributed by atoms with Gasteiger partial charge in [0.2, 0.25) is 0 Å². The average molecular weight is 216 g/mol. The van der Waals surface area contributed by atoms with Gasteiger partial charge < -0.3 is 11.1 Å². The molecule has 0 aliphatic heterocycles. The molecule has 1 aromatic rings. The highest BCUT2D eigenvalue weighted by Gasteiger charge is 2.01. The molecule has 3 nitrogen and oxygen atoms in total. The highest BCUT2D eigenvalue weighted by molar-refractivity contribution is 7.84. The first-order valence-corrected chi connectivity index (χ1v) is 5.91. The molecule has 78 valence electrons. The first-order valence-electron chi connectivity index (χ1n) is 4.18. The number of benzene rings is 1. The van der Waals surface area contributed by atoms with Crippen molar-refractivity contribution in [2.24, 2.45) is 0 Å². The second-order valence-electron chi connectivity index (χ2n) is 2.94. The fourth-order valence-electron chi connectivity index (χ4n) is 1.00. The lowest BCUT2D eigenvalue weighted by Crippen LogP contribution is -2.10. The van der Waals surface area contributed by atoms with Crippen LogP contribution in [0.25, 0.3) is 0 Å². The number of anilines is 2. The third-order valence-corrected chi connectivity index (χ3v) is 2.48. The second kappa shape index (κ2) is 4.95. The highest BCUT2D eigenvalue weighted by atomic mass is 32.2. The summed E-state index contributed by atoms with van der Waals surface area (Å²) in [5.41, 5.74) is 6.18. The zero-order valence-electron chi connectivity index (χ0n) is 7.92. The van der Waals surface area contributed by atoms with Gasteiger partial charge in [-0.05, 0) is 18.2 Å². The summed E-state index contributed by atoms with van der Waals surface area (Å²) < 4.78 is 23.9. The number of halogens is 1. The molecule has 0 bridgehead atoms. The van der Waals surface area contributed by atoms with Gasteiger partial charge in [-0.3, -0.25) is 4.21 Å². The van der Waals surface area contributed by atoms with E-state index < -0.39 is 10.8 Å². The summed E-state index contributed by atoms with van der Waals surface area (Å²) in [7, 11) is -0.860. The van der Waals surface area contributed by atoms with E-state index in [2.05, 4.69) is 5.32 Å². The van der Waals surface area contributed by atoms with Gasteiger partial charge in [-0.25, -0.2) is 4.39 Å². The molecule has 1 rings (SSSR count). The Hall–Kier alpha value is -1.10. The van der Waals surface area contributed by atoms with Gasteiger partial charge in [-0.15, -0.1) is 0 Å². The smallest absolute Gasteiger partial charge is 0.148 e. The van der Waals surface area contributed by atoms with Crippen LogP contribution in [-0.4, -0.2) is 22.8 Å². The summed E-state index contributed by atoms with van der Waals surface area (Å²) in [5.74, 6) is 0.121. The molecule has 0 spiro atoms. The topological polar surface area (TPSA) is 55.1 Å². The minimum absolute atomic E-state index is 0.383. The van der Waals surface area contributed by atoms with Gasteiger partial charge in [0, 0.05) is 35.0 Å². The van der Waals surface area contributed by atoms with E-state index >= 15 is 0 Å². The summed E-state index contributed by atoms with van der Waals surface area (Å²) in [5, 5.41) is 2.85. The molecule has 3 N–H and O–H groups in total. The first kappa shape index (κ1) is 11.0. The molecule has 1 aromatic carbocycles. The van der Waals surface area contributed by atoms with Crippen LogP contribution in [0.1, 0.15) is 0 Å². The fraction of sp³-hybridized carbons (Fsp3) is 0.333. The maximum atomic E-state index is 13.2. The van der Waals surface area contributed by atoms with Gasteiger partial charge in [0.05, 0.1) is 5.69 Å². The molecule has 0 heterocycles. The summed E-state index contributed by atoms with van der Waals surface area (Å²) in [6, 6.07) is 4.45. The maximum absolute atomic E-state index is 13.2. The summed E-state index contributed by atoms with van der Waals surface area (Å²) >= 11 is 0. The number of hydrogen-bond donors (Lipinski definition) is 2. The third kappa shape index (κ3) is 3.33. The van der Waals surface area contributed by atoms with E-state index in [1.54, 1.807) is 18.4 Å². The van der Waals surface area contributed by atoms with Gasteiger partial charge in [-0.2, -0.15) is 0 Å². The van der Waals surface area contributed by atoms with Crippen LogP contribution in [0.2, 0.25) is 0 Å². The molecular weight excluding hydrogens is 203 g/mol. The summed E-state index contributed by atoms with van der Waals surface area (Å²) in [6.07, 6.45) is 1.61. The van der Waals surface area contributed by atoms with E-state index in [1.165, 1.54) is 6.07 Å². The summed E-state index contributed by atoms with van der Waals surface area (Å²) in [4.78, 5) is 0. The standard InChI is InChI=1S/C9H13FN2OS/c1-14(13)5-4-12-9-3-2-7(11)6-8(9)10/h2-3,6,12H,4-5,11H2,1H3. The van der Waals surface area contributed by atoms with Gasteiger partial charge >= 0.3 is 0 Å². The molecule has 0 fully saturated rings. The molecule has 0 radical (unpaired) electrons. The lowest BCUT2D eigenvalue weighted by molar-refractivity contribution is 0.631. The van der Waals surface area contributed by atoms with Gasteiger partial charge in [0.1, 0.15) is 5.82 Å². The average Bonchev–Trinajstić information content (AvgIpc) is 2.08. The molecule has 0 aliphatic carbocycles. The van der Waals surface area contributed by atoms with Crippen LogP contribution in [0.15, 0.2) is 18.2 Å². The van der Waals surface area contributed by atoms with E-state index in [-0.39, 0.29) is 5.82 Å². The van der Waals surface area contributed by atoms with Crippen molar-refractivity contribution >= 4 is 22.2 Å². The molecule has 14 heavy (non-hydrogen) atoms. The van der Waals surface area contributed by atoms with Crippen molar-refractivity contribution in [2.45, 2.75) is 0 Å². The van der Waals surface area contributed by atoms with Crippen molar-refractivity contribution in [1.82, 2.24) is 0 Å². The molecule has 1 unspecified atom stereocenters. The molecule has 1 atom stereocenters. The van der Waals surface area contributed by atoms with Crippen molar-refractivity contribution in [1.29, 1.82) is 0 Å². The van der Waals surface area contributed by atoms with Crippen LogP contribution in [-0.2, 0) is 10.8 Å². The number of nitrogens with two attached hydrogens (primary N) is 1. The Morgan fingerprint density at radius 1 is 1.57 bits per heavy atom. The molecular formula is C9H13FN2OS. The van der Waals surface area contributed by atoms with Crippen LogP contribution in [0.4, 0.5) is 15.8 Å². The van der Waals surface area contributed by atoms with E-state index in [1.807, 2.05) is 0 Å². The lowest BCUT2D eigenvalue weighted by atomic mass is 10.2. The van der Waals surface area contributed by atoms with Crippen LogP contribution >= 0.6 is 0 Å². The van der Waals surface area contributed by atoms with Crippen LogP contribution in [0.5, 0.6) is 0 Å². The minimum atomic E-state index is -0.860. The highest BCUT2D eigenvalue weighted by Crippen LogP contribution is 2.16. The SMILES string of the molecule is CS(=O)CCNc1ccc(N)cc1F. The number of nitrogens with one attached hydrogen (secondary N) is 1. The van der Waals surface area contributed by atoms with Gasteiger partial charge in [0.25, 0.3) is 0 Å². The zero-order chi connectivity index (χ0) is 10.6. The molecule has 0 saturated heterocycles. The van der Waals surface area contributed by atoms with E-state index in [0.717, 1.165) is 0 Å². The van der Waals surface area contributed by atoms with Crippen LogP contribution in [0.3, 0.4) is 0 Å². The Morgan fingerprint density at radius 3 is 2.86 bits per heavy atom. The number of rotatable bonds is 4.